The van der Waals surface area contributed by atoms with Crippen LogP contribution in [0.3, 0.4) is 0 Å². The lowest BCUT2D eigenvalue weighted by molar-refractivity contribution is 0.595. The van der Waals surface area contributed by atoms with Gasteiger partial charge in [0.1, 0.15) is 0 Å². The van der Waals surface area contributed by atoms with Crippen LogP contribution in [0, 0.1) is 0 Å². The molecule has 4 nitrogen and oxygen atoms in total. The lowest BCUT2D eigenvalue weighted by atomic mass is 10.3. The molecular formula is C12H20N2O2S2. The Morgan fingerprint density at radius 2 is 1.94 bits per heavy atom. The number of thioether (sulfide) groups is 1. The molecule has 0 atom stereocenters. The zero-order valence-corrected chi connectivity index (χ0v) is 12.4. The second-order valence-electron chi connectivity index (χ2n) is 3.93. The van der Waals surface area contributed by atoms with E-state index in [9.17, 15) is 8.42 Å². The summed E-state index contributed by atoms with van der Waals surface area (Å²) < 4.78 is 26.4. The third kappa shape index (κ3) is 5.29. The summed E-state index contributed by atoms with van der Waals surface area (Å²) in [4.78, 5) is 0.941. The molecule has 0 radical (unpaired) electrons. The second kappa shape index (κ2) is 7.66. The van der Waals surface area contributed by atoms with Crippen molar-refractivity contribution < 1.29 is 8.42 Å². The fourth-order valence-corrected chi connectivity index (χ4v) is 3.36. The van der Waals surface area contributed by atoms with E-state index in [1.807, 2.05) is 31.5 Å². The van der Waals surface area contributed by atoms with Crippen LogP contribution in [0.4, 0.5) is 5.69 Å². The van der Waals surface area contributed by atoms with E-state index in [1.54, 1.807) is 6.07 Å². The van der Waals surface area contributed by atoms with Crippen molar-refractivity contribution in [1.82, 2.24) is 5.32 Å². The van der Waals surface area contributed by atoms with Crippen molar-refractivity contribution >= 4 is 27.5 Å². The lowest BCUT2D eigenvalue weighted by Crippen LogP contribution is -2.18. The smallest absolute Gasteiger partial charge is 0.232 e. The normalized spacial score (nSPS) is 11.4. The maximum absolute atomic E-state index is 11.9. The molecule has 0 saturated heterocycles. The van der Waals surface area contributed by atoms with Gasteiger partial charge in [-0.3, -0.25) is 4.72 Å². The van der Waals surface area contributed by atoms with Crippen molar-refractivity contribution in [3.8, 4) is 0 Å². The first-order chi connectivity index (χ1) is 8.59. The van der Waals surface area contributed by atoms with E-state index < -0.39 is 10.0 Å². The maximum atomic E-state index is 11.9. The molecule has 0 unspecified atom stereocenters. The van der Waals surface area contributed by atoms with E-state index >= 15 is 0 Å². The minimum absolute atomic E-state index is 0.164. The molecule has 18 heavy (non-hydrogen) atoms. The Bertz CT molecular complexity index is 461. The standard InChI is InChI=1S/C12H20N2O2S2/c1-13-9-5-6-10-18(15,16)14-11-7-3-4-8-12(11)17-2/h3-4,7-8,13-14H,5-6,9-10H2,1-2H3. The number of unbranched alkanes of at least 4 members (excludes halogenated alkanes) is 1. The highest BCUT2D eigenvalue weighted by Crippen LogP contribution is 2.25. The molecule has 0 bridgehead atoms. The number of benzene rings is 1. The molecule has 1 rings (SSSR count). The highest BCUT2D eigenvalue weighted by atomic mass is 32.2. The highest BCUT2D eigenvalue weighted by molar-refractivity contribution is 7.99. The van der Waals surface area contributed by atoms with Gasteiger partial charge < -0.3 is 5.32 Å². The minimum Gasteiger partial charge on any atom is -0.320 e. The fourth-order valence-electron chi connectivity index (χ4n) is 1.54. The molecule has 0 aliphatic rings. The Labute approximate surface area is 114 Å². The summed E-state index contributed by atoms with van der Waals surface area (Å²) >= 11 is 1.53. The Balaban J connectivity index is 2.59. The molecule has 6 heteroatoms. The Morgan fingerprint density at radius 1 is 1.22 bits per heavy atom. The Kier molecular flexibility index (Phi) is 6.52. The van der Waals surface area contributed by atoms with Crippen LogP contribution in [0.1, 0.15) is 12.8 Å². The molecule has 0 spiro atoms. The predicted octanol–water partition coefficient (Wildman–Crippen LogP) is 2.15. The number of para-hydroxylation sites is 1. The van der Waals surface area contributed by atoms with Crippen LogP contribution < -0.4 is 10.0 Å². The third-order valence-corrected chi connectivity index (χ3v) is 4.62. The van der Waals surface area contributed by atoms with Gasteiger partial charge in [-0.2, -0.15) is 0 Å². The summed E-state index contributed by atoms with van der Waals surface area (Å²) in [5.41, 5.74) is 0.665. The van der Waals surface area contributed by atoms with Crippen LogP contribution in [0.15, 0.2) is 29.2 Å². The summed E-state index contributed by atoms with van der Waals surface area (Å²) in [7, 11) is -1.38. The molecule has 0 amide bonds. The second-order valence-corrected chi connectivity index (χ2v) is 6.62. The number of anilines is 1. The molecule has 2 N–H and O–H groups in total. The van der Waals surface area contributed by atoms with E-state index in [2.05, 4.69) is 10.0 Å². The van der Waals surface area contributed by atoms with E-state index in [0.29, 0.717) is 12.1 Å². The summed E-state index contributed by atoms with van der Waals surface area (Å²) in [6.45, 7) is 0.844. The van der Waals surface area contributed by atoms with Crippen molar-refractivity contribution in [2.24, 2.45) is 0 Å². The van der Waals surface area contributed by atoms with Crippen molar-refractivity contribution in [1.29, 1.82) is 0 Å². The summed E-state index contributed by atoms with van der Waals surface area (Å²) in [5, 5.41) is 3.00. The number of rotatable bonds is 8. The van der Waals surface area contributed by atoms with Gasteiger partial charge in [-0.25, -0.2) is 8.42 Å². The van der Waals surface area contributed by atoms with E-state index in [1.165, 1.54) is 11.8 Å². The van der Waals surface area contributed by atoms with Crippen molar-refractivity contribution in [2.75, 3.05) is 30.3 Å². The molecule has 0 aliphatic carbocycles. The predicted molar refractivity (Wildman–Crippen MR) is 78.8 cm³/mol. The Hall–Kier alpha value is -0.720. The topological polar surface area (TPSA) is 58.2 Å². The zero-order chi connectivity index (χ0) is 13.4. The fraction of sp³-hybridized carbons (Fsp3) is 0.500. The van der Waals surface area contributed by atoms with Crippen LogP contribution in [0.25, 0.3) is 0 Å². The van der Waals surface area contributed by atoms with Crippen molar-refractivity contribution in [2.45, 2.75) is 17.7 Å². The van der Waals surface area contributed by atoms with E-state index in [-0.39, 0.29) is 5.75 Å². The first-order valence-corrected chi connectivity index (χ1v) is 8.75. The maximum Gasteiger partial charge on any atom is 0.232 e. The van der Waals surface area contributed by atoms with Gasteiger partial charge in [0.2, 0.25) is 10.0 Å². The van der Waals surface area contributed by atoms with Crippen LogP contribution in [-0.2, 0) is 10.0 Å². The number of hydrogen-bond donors (Lipinski definition) is 2. The summed E-state index contributed by atoms with van der Waals surface area (Å²) in [5.74, 6) is 0.164. The minimum atomic E-state index is -3.24. The molecule has 1 aromatic carbocycles. The average molecular weight is 288 g/mol. The first-order valence-electron chi connectivity index (χ1n) is 5.87. The van der Waals surface area contributed by atoms with Crippen molar-refractivity contribution in [3.05, 3.63) is 24.3 Å². The molecule has 102 valence electrons. The van der Waals surface area contributed by atoms with Crippen LogP contribution >= 0.6 is 11.8 Å². The molecular weight excluding hydrogens is 268 g/mol. The molecule has 0 fully saturated rings. The quantitative estimate of drug-likeness (QED) is 0.568. The van der Waals surface area contributed by atoms with Crippen LogP contribution in [0.2, 0.25) is 0 Å². The zero-order valence-electron chi connectivity index (χ0n) is 10.8. The summed E-state index contributed by atoms with van der Waals surface area (Å²) in [6, 6.07) is 7.43. The van der Waals surface area contributed by atoms with Crippen LogP contribution in [0.5, 0.6) is 0 Å². The van der Waals surface area contributed by atoms with E-state index in [0.717, 1.165) is 17.9 Å². The van der Waals surface area contributed by atoms with Gasteiger partial charge >= 0.3 is 0 Å². The molecule has 0 aromatic heterocycles. The highest BCUT2D eigenvalue weighted by Gasteiger charge is 2.11. The van der Waals surface area contributed by atoms with Gasteiger partial charge in [-0.05, 0) is 44.8 Å². The van der Waals surface area contributed by atoms with Gasteiger partial charge in [0.25, 0.3) is 0 Å². The van der Waals surface area contributed by atoms with Gasteiger partial charge in [0.15, 0.2) is 0 Å². The number of hydrogen-bond acceptors (Lipinski definition) is 4. The summed E-state index contributed by atoms with van der Waals surface area (Å²) in [6.07, 6.45) is 3.46. The van der Waals surface area contributed by atoms with E-state index in [4.69, 9.17) is 0 Å². The van der Waals surface area contributed by atoms with Gasteiger partial charge in [0, 0.05) is 4.90 Å². The lowest BCUT2D eigenvalue weighted by Gasteiger charge is -2.11. The van der Waals surface area contributed by atoms with Gasteiger partial charge in [-0.15, -0.1) is 11.8 Å². The van der Waals surface area contributed by atoms with Crippen LogP contribution in [-0.4, -0.2) is 34.0 Å². The SMILES string of the molecule is CNCCCCS(=O)(=O)Nc1ccccc1SC. The number of nitrogens with one attached hydrogen (secondary N) is 2. The largest absolute Gasteiger partial charge is 0.320 e. The monoisotopic (exact) mass is 288 g/mol. The first kappa shape index (κ1) is 15.3. The molecule has 1 aromatic rings. The molecule has 0 saturated carbocycles. The van der Waals surface area contributed by atoms with Gasteiger partial charge in [-0.1, -0.05) is 12.1 Å². The number of sulfonamides is 1. The molecule has 0 heterocycles. The molecule has 0 aliphatic heterocycles. The third-order valence-electron chi connectivity index (χ3n) is 2.46. The van der Waals surface area contributed by atoms with Crippen molar-refractivity contribution in [3.63, 3.8) is 0 Å². The Morgan fingerprint density at radius 3 is 2.61 bits per heavy atom. The average Bonchev–Trinajstić information content (AvgIpc) is 2.35. The van der Waals surface area contributed by atoms with Gasteiger partial charge in [0.05, 0.1) is 11.4 Å².